The number of carboxylic acid groups (broad SMARTS) is 1. The largest absolute Gasteiger partial charge is 0.480 e. The van der Waals surface area contributed by atoms with E-state index >= 15 is 0 Å². The van der Waals surface area contributed by atoms with Crippen LogP contribution in [0.1, 0.15) is 50.2 Å². The second-order valence-electron chi connectivity index (χ2n) is 10.9. The summed E-state index contributed by atoms with van der Waals surface area (Å²) in [6, 6.07) is -0.751. The first-order valence-electron chi connectivity index (χ1n) is 14.4. The van der Waals surface area contributed by atoms with Crippen LogP contribution < -0.4 is 44.2 Å². The first-order valence-corrected chi connectivity index (χ1v) is 14.4. The fraction of sp³-hybridized carbons (Fsp3) is 0.536. The molecule has 7 unspecified atom stereocenters. The predicted molar refractivity (Wildman–Crippen MR) is 162 cm³/mol. The molecular formula is C28H43N9O8. The molecular weight excluding hydrogens is 590 g/mol. The molecule has 1 aromatic rings. The molecule has 14 N–H and O–H groups in total. The Morgan fingerprint density at radius 3 is 2.20 bits per heavy atom. The van der Waals surface area contributed by atoms with E-state index in [1.807, 2.05) is 0 Å². The lowest BCUT2D eigenvalue weighted by Gasteiger charge is -2.30. The lowest BCUT2D eigenvalue weighted by Crippen LogP contribution is -2.62. The highest BCUT2D eigenvalue weighted by Gasteiger charge is 2.40. The van der Waals surface area contributed by atoms with Crippen molar-refractivity contribution in [1.82, 2.24) is 21.3 Å². The number of benzene rings is 1. The average molecular weight is 634 g/mol. The highest BCUT2D eigenvalue weighted by atomic mass is 16.4. The normalized spacial score (nSPS) is 22.1. The summed E-state index contributed by atoms with van der Waals surface area (Å²) >= 11 is 0. The quantitative estimate of drug-likeness (QED) is 0.0571. The van der Waals surface area contributed by atoms with Crippen molar-refractivity contribution in [2.75, 3.05) is 13.2 Å². The number of rotatable bonds is 13. The van der Waals surface area contributed by atoms with Gasteiger partial charge in [-0.05, 0) is 36.3 Å². The summed E-state index contributed by atoms with van der Waals surface area (Å²) in [5.74, 6) is -7.97. The SMILES string of the molecule is CCC(C)C1NC(=O)C(N)Cc2ccc(cc2)C(C(N)=O)C(C(=O)NC(CO)C(=O)NC(CCCN=C(N)N)C(=O)O)NC1=O. The summed E-state index contributed by atoms with van der Waals surface area (Å²) in [5, 5.41) is 29.1. The summed E-state index contributed by atoms with van der Waals surface area (Å²) < 4.78 is 0. The molecule has 0 saturated carbocycles. The molecule has 7 atom stereocenters. The summed E-state index contributed by atoms with van der Waals surface area (Å²) in [6.45, 7) is 2.63. The zero-order valence-electron chi connectivity index (χ0n) is 25.2. The summed E-state index contributed by atoms with van der Waals surface area (Å²) in [5.41, 5.74) is 23.2. The van der Waals surface area contributed by atoms with Crippen LogP contribution in [-0.4, -0.2) is 95.0 Å². The number of amides is 5. The number of nitrogens with zero attached hydrogens (tertiary/aromatic N) is 1. The zero-order chi connectivity index (χ0) is 33.8. The average Bonchev–Trinajstić information content (AvgIpc) is 2.99. The molecule has 0 radical (unpaired) electrons. The monoisotopic (exact) mass is 633 g/mol. The number of aliphatic imine (C=N–C) groups is 1. The van der Waals surface area contributed by atoms with Crippen LogP contribution in [0.2, 0.25) is 0 Å². The van der Waals surface area contributed by atoms with Crippen LogP contribution in [0.5, 0.6) is 0 Å². The Bertz CT molecular complexity index is 1270. The maximum atomic E-state index is 13.7. The van der Waals surface area contributed by atoms with Crippen molar-refractivity contribution in [3.8, 4) is 0 Å². The minimum atomic E-state index is -1.71. The number of carboxylic acids is 1. The van der Waals surface area contributed by atoms with Gasteiger partial charge in [-0.3, -0.25) is 29.0 Å². The van der Waals surface area contributed by atoms with Crippen molar-refractivity contribution in [1.29, 1.82) is 0 Å². The van der Waals surface area contributed by atoms with E-state index in [0.29, 0.717) is 12.0 Å². The van der Waals surface area contributed by atoms with E-state index in [1.165, 1.54) is 12.1 Å². The van der Waals surface area contributed by atoms with E-state index < -0.39 is 84.2 Å². The van der Waals surface area contributed by atoms with Crippen molar-refractivity contribution in [2.45, 2.75) is 75.7 Å². The van der Waals surface area contributed by atoms with Gasteiger partial charge in [-0.25, -0.2) is 4.79 Å². The number of nitrogens with two attached hydrogens (primary N) is 4. The Labute approximate surface area is 259 Å². The van der Waals surface area contributed by atoms with Gasteiger partial charge >= 0.3 is 5.97 Å². The molecule has 2 aliphatic heterocycles. The zero-order valence-corrected chi connectivity index (χ0v) is 25.2. The number of aliphatic hydroxyl groups is 1. The molecule has 248 valence electrons. The molecule has 2 heterocycles. The third-order valence-corrected chi connectivity index (χ3v) is 7.52. The van der Waals surface area contributed by atoms with Crippen LogP contribution in [0.4, 0.5) is 0 Å². The Kier molecular flexibility index (Phi) is 13.7. The Hall–Kier alpha value is -4.77. The van der Waals surface area contributed by atoms with Gasteiger partial charge in [0.1, 0.15) is 24.2 Å². The smallest absolute Gasteiger partial charge is 0.326 e. The van der Waals surface area contributed by atoms with Crippen molar-refractivity contribution in [3.05, 3.63) is 35.4 Å². The second kappa shape index (κ2) is 16.9. The van der Waals surface area contributed by atoms with E-state index in [9.17, 15) is 39.0 Å². The number of primary amides is 1. The number of aliphatic hydroxyl groups excluding tert-OH is 1. The molecule has 0 aliphatic carbocycles. The van der Waals surface area contributed by atoms with E-state index in [4.69, 9.17) is 22.9 Å². The third-order valence-electron chi connectivity index (χ3n) is 7.52. The van der Waals surface area contributed by atoms with Crippen molar-refractivity contribution < 1.29 is 39.0 Å². The topological polar surface area (TPSA) is 307 Å². The van der Waals surface area contributed by atoms with E-state index in [2.05, 4.69) is 26.3 Å². The molecule has 2 bridgehead atoms. The Morgan fingerprint density at radius 2 is 1.67 bits per heavy atom. The van der Waals surface area contributed by atoms with Gasteiger partial charge < -0.3 is 54.4 Å². The van der Waals surface area contributed by atoms with Crippen molar-refractivity contribution in [3.63, 3.8) is 0 Å². The number of carbonyl (C=O) groups is 6. The van der Waals surface area contributed by atoms with Gasteiger partial charge in [0.05, 0.1) is 18.6 Å². The number of hydrogen-bond acceptors (Lipinski definition) is 9. The van der Waals surface area contributed by atoms with E-state index in [-0.39, 0.29) is 37.3 Å². The van der Waals surface area contributed by atoms with Gasteiger partial charge in [0.25, 0.3) is 0 Å². The Morgan fingerprint density at radius 1 is 1.02 bits per heavy atom. The van der Waals surface area contributed by atoms with E-state index in [0.717, 1.165) is 0 Å². The van der Waals surface area contributed by atoms with Gasteiger partial charge in [0, 0.05) is 6.54 Å². The molecule has 3 rings (SSSR count). The number of fused-ring (bicyclic) bond motifs is 10. The minimum Gasteiger partial charge on any atom is -0.480 e. The number of nitrogens with one attached hydrogen (secondary N) is 4. The van der Waals surface area contributed by atoms with Gasteiger partial charge in [-0.1, -0.05) is 44.5 Å². The molecule has 45 heavy (non-hydrogen) atoms. The third kappa shape index (κ3) is 10.4. The van der Waals surface area contributed by atoms with Gasteiger partial charge in [0.2, 0.25) is 29.5 Å². The minimum absolute atomic E-state index is 0.0746. The van der Waals surface area contributed by atoms with Gasteiger partial charge in [0.15, 0.2) is 5.96 Å². The van der Waals surface area contributed by atoms with Crippen LogP contribution in [0.3, 0.4) is 0 Å². The molecule has 0 fully saturated rings. The lowest BCUT2D eigenvalue weighted by atomic mass is 9.88. The van der Waals surface area contributed by atoms with Crippen LogP contribution in [0, 0.1) is 5.92 Å². The molecule has 0 spiro atoms. The molecule has 0 saturated heterocycles. The molecule has 17 heteroatoms. The summed E-state index contributed by atoms with van der Waals surface area (Å²) in [7, 11) is 0. The molecule has 5 amide bonds. The number of aliphatic carboxylic acids is 1. The maximum Gasteiger partial charge on any atom is 0.326 e. The maximum absolute atomic E-state index is 13.7. The van der Waals surface area contributed by atoms with Crippen LogP contribution >= 0.6 is 0 Å². The highest BCUT2D eigenvalue weighted by molar-refractivity contribution is 5.99. The first kappa shape index (κ1) is 36.4. The van der Waals surface area contributed by atoms with Crippen LogP contribution in [-0.2, 0) is 35.2 Å². The second-order valence-corrected chi connectivity index (χ2v) is 10.9. The van der Waals surface area contributed by atoms with Gasteiger partial charge in [-0.15, -0.1) is 0 Å². The molecule has 0 aromatic heterocycles. The van der Waals surface area contributed by atoms with Crippen molar-refractivity contribution in [2.24, 2.45) is 33.8 Å². The summed E-state index contributed by atoms with van der Waals surface area (Å²) in [4.78, 5) is 81.4. The summed E-state index contributed by atoms with van der Waals surface area (Å²) in [6.07, 6.45) is 0.697. The molecule has 1 aromatic carbocycles. The molecule has 17 nitrogen and oxygen atoms in total. The van der Waals surface area contributed by atoms with Gasteiger partial charge in [-0.2, -0.15) is 0 Å². The Balaban J connectivity index is 2.42. The van der Waals surface area contributed by atoms with Crippen LogP contribution in [0.15, 0.2) is 29.3 Å². The standard InChI is InChI=1S/C28H43N9O8/c1-3-13(2)20-25(42)37-21(19(22(30)39)15-8-6-14(7-9-15)11-16(29)23(40)36-20)26(43)35-18(12-38)24(41)34-17(27(44)45)5-4-10-33-28(31)32/h6-9,13,16-21,38H,3-5,10-12,29H2,1-2H3,(H2,30,39)(H,34,41)(H,35,43)(H,36,40)(H,37,42)(H,44,45)(H4,31,32,33). The first-order chi connectivity index (χ1) is 21.2. The van der Waals surface area contributed by atoms with Crippen LogP contribution in [0.25, 0.3) is 0 Å². The van der Waals surface area contributed by atoms with Crippen molar-refractivity contribution >= 4 is 41.5 Å². The molecule has 2 aliphatic rings. The number of carbonyl (C=O) groups excluding carboxylic acids is 5. The number of hydrogen-bond donors (Lipinski definition) is 10. The number of guanidine groups is 1. The highest BCUT2D eigenvalue weighted by Crippen LogP contribution is 2.23. The van der Waals surface area contributed by atoms with E-state index in [1.54, 1.807) is 26.0 Å². The lowest BCUT2D eigenvalue weighted by molar-refractivity contribution is -0.143. The predicted octanol–water partition coefficient (Wildman–Crippen LogP) is -3.75. The fourth-order valence-electron chi connectivity index (χ4n) is 4.72. The fourth-order valence-corrected chi connectivity index (χ4v) is 4.72.